The van der Waals surface area contributed by atoms with Crippen LogP contribution in [-0.4, -0.2) is 48.1 Å². The van der Waals surface area contributed by atoms with E-state index in [1.165, 1.54) is 0 Å². The number of ether oxygens (including phenoxy) is 2. The Balaban J connectivity index is 2.50. The zero-order valence-electron chi connectivity index (χ0n) is 10.1. The summed E-state index contributed by atoms with van der Waals surface area (Å²) < 4.78 is 35.5. The Morgan fingerprint density at radius 3 is 2.61 bits per heavy atom. The summed E-state index contributed by atoms with van der Waals surface area (Å²) in [6, 6.07) is 0. The van der Waals surface area contributed by atoms with E-state index in [9.17, 15) is 8.78 Å². The van der Waals surface area contributed by atoms with E-state index in [0.717, 1.165) is 11.6 Å². The smallest absolute Gasteiger partial charge is 0.261 e. The van der Waals surface area contributed by atoms with Crippen LogP contribution in [0.5, 0.6) is 0 Å². The monoisotopic (exact) mass is 327 g/mol. The summed E-state index contributed by atoms with van der Waals surface area (Å²) in [6.07, 6.45) is -1.98. The number of nitrogens with zero attached hydrogens (tertiary/aromatic N) is 3. The van der Waals surface area contributed by atoms with E-state index in [2.05, 4.69) is 26.1 Å². The largest absolute Gasteiger partial charge is 0.383 e. The van der Waals surface area contributed by atoms with Crippen molar-refractivity contribution in [2.75, 3.05) is 26.9 Å². The van der Waals surface area contributed by atoms with Gasteiger partial charge in [0.05, 0.1) is 18.5 Å². The number of methoxy groups -OCH3 is 1. The molecule has 0 saturated carbocycles. The molecule has 0 bridgehead atoms. The molecule has 0 N–H and O–H groups in total. The van der Waals surface area contributed by atoms with Crippen LogP contribution in [-0.2, 0) is 27.8 Å². The highest BCUT2D eigenvalue weighted by Gasteiger charge is 2.11. The van der Waals surface area contributed by atoms with Gasteiger partial charge in [0, 0.05) is 20.1 Å². The van der Waals surface area contributed by atoms with E-state index >= 15 is 0 Å². The molecule has 0 fully saturated rings. The van der Waals surface area contributed by atoms with Crippen molar-refractivity contribution in [2.45, 2.75) is 24.7 Å². The normalized spacial score (nSPS) is 11.4. The zero-order valence-corrected chi connectivity index (χ0v) is 11.7. The van der Waals surface area contributed by atoms with Crippen LogP contribution in [0.2, 0.25) is 0 Å². The van der Waals surface area contributed by atoms with Crippen molar-refractivity contribution in [3.8, 4) is 0 Å². The minimum Gasteiger partial charge on any atom is -0.383 e. The van der Waals surface area contributed by atoms with Crippen molar-refractivity contribution in [1.82, 2.24) is 14.8 Å². The Labute approximate surface area is 113 Å². The van der Waals surface area contributed by atoms with Gasteiger partial charge in [0.2, 0.25) is 0 Å². The minimum atomic E-state index is -2.44. The van der Waals surface area contributed by atoms with E-state index in [4.69, 9.17) is 9.47 Å². The molecule has 1 rings (SSSR count). The Hall–Kier alpha value is -0.600. The van der Waals surface area contributed by atoms with Gasteiger partial charge in [-0.2, -0.15) is 0 Å². The van der Waals surface area contributed by atoms with Gasteiger partial charge in [0.1, 0.15) is 18.3 Å². The van der Waals surface area contributed by atoms with Gasteiger partial charge < -0.3 is 14.0 Å². The van der Waals surface area contributed by atoms with E-state index in [1.807, 2.05) is 4.57 Å². The maximum atomic E-state index is 11.9. The van der Waals surface area contributed by atoms with Crippen LogP contribution in [0.1, 0.15) is 11.6 Å². The Morgan fingerprint density at radius 2 is 2.00 bits per heavy atom. The lowest BCUT2D eigenvalue weighted by Crippen LogP contribution is -2.14. The molecule has 1 aromatic heterocycles. The summed E-state index contributed by atoms with van der Waals surface area (Å²) in [5.41, 5.74) is 0. The first kappa shape index (κ1) is 15.5. The summed E-state index contributed by atoms with van der Waals surface area (Å²) in [7, 11) is 1.61. The maximum absolute atomic E-state index is 11.9. The van der Waals surface area contributed by atoms with Crippen LogP contribution in [0.3, 0.4) is 0 Å². The van der Waals surface area contributed by atoms with Crippen LogP contribution in [0.15, 0.2) is 0 Å². The molecule has 104 valence electrons. The second-order valence-electron chi connectivity index (χ2n) is 3.53. The van der Waals surface area contributed by atoms with Gasteiger partial charge in [-0.1, -0.05) is 15.9 Å². The first-order valence-corrected chi connectivity index (χ1v) is 6.63. The van der Waals surface area contributed by atoms with E-state index in [-0.39, 0.29) is 6.61 Å². The molecule has 0 spiro atoms. The van der Waals surface area contributed by atoms with Gasteiger partial charge in [0.15, 0.2) is 0 Å². The molecule has 0 unspecified atom stereocenters. The van der Waals surface area contributed by atoms with Gasteiger partial charge in [-0.05, 0) is 0 Å². The third-order valence-corrected chi connectivity index (χ3v) is 2.76. The first-order chi connectivity index (χ1) is 8.69. The van der Waals surface area contributed by atoms with Gasteiger partial charge >= 0.3 is 0 Å². The average molecular weight is 328 g/mol. The maximum Gasteiger partial charge on any atom is 0.261 e. The Bertz CT molecular complexity index is 350. The first-order valence-electron chi connectivity index (χ1n) is 5.50. The fraction of sp³-hybridized carbons (Fsp3) is 0.800. The van der Waals surface area contributed by atoms with Crippen LogP contribution < -0.4 is 0 Å². The van der Waals surface area contributed by atoms with E-state index in [1.54, 1.807) is 7.11 Å². The summed E-state index contributed by atoms with van der Waals surface area (Å²) in [4.78, 5) is 0. The summed E-state index contributed by atoms with van der Waals surface area (Å²) in [5, 5.41) is 8.61. The van der Waals surface area contributed by atoms with E-state index in [0.29, 0.717) is 24.9 Å². The number of halogens is 3. The molecule has 5 nitrogen and oxygen atoms in total. The molecule has 0 aliphatic rings. The lowest BCUT2D eigenvalue weighted by atomic mass is 10.4. The SMILES string of the molecule is COCCn1c(CBr)nnc1CCOCC(F)F. The van der Waals surface area contributed by atoms with Crippen molar-refractivity contribution >= 4 is 15.9 Å². The van der Waals surface area contributed by atoms with Crippen molar-refractivity contribution in [1.29, 1.82) is 0 Å². The van der Waals surface area contributed by atoms with Crippen molar-refractivity contribution < 1.29 is 18.3 Å². The predicted octanol–water partition coefficient (Wildman–Crippen LogP) is 1.64. The summed E-state index contributed by atoms with van der Waals surface area (Å²) in [5.74, 6) is 1.51. The third kappa shape index (κ3) is 4.95. The van der Waals surface area contributed by atoms with E-state index < -0.39 is 13.0 Å². The van der Waals surface area contributed by atoms with Crippen LogP contribution in [0.4, 0.5) is 8.78 Å². The quantitative estimate of drug-likeness (QED) is 0.511. The summed E-state index contributed by atoms with van der Waals surface area (Å²) in [6.45, 7) is 0.840. The third-order valence-electron chi connectivity index (χ3n) is 2.26. The fourth-order valence-electron chi connectivity index (χ4n) is 1.43. The molecular weight excluding hydrogens is 312 g/mol. The lowest BCUT2D eigenvalue weighted by Gasteiger charge is -2.08. The number of hydrogen-bond donors (Lipinski definition) is 0. The molecule has 1 heterocycles. The average Bonchev–Trinajstić information content (AvgIpc) is 2.74. The van der Waals surface area contributed by atoms with Crippen molar-refractivity contribution in [3.05, 3.63) is 11.6 Å². The zero-order chi connectivity index (χ0) is 13.4. The van der Waals surface area contributed by atoms with Crippen LogP contribution >= 0.6 is 15.9 Å². The second-order valence-corrected chi connectivity index (χ2v) is 4.09. The molecule has 0 amide bonds. The highest BCUT2D eigenvalue weighted by molar-refractivity contribution is 9.08. The molecule has 0 atom stereocenters. The fourth-order valence-corrected chi connectivity index (χ4v) is 1.85. The number of rotatable bonds is 9. The molecule has 0 saturated heterocycles. The number of alkyl halides is 3. The molecule has 0 radical (unpaired) electrons. The van der Waals surface area contributed by atoms with Crippen molar-refractivity contribution in [3.63, 3.8) is 0 Å². The highest BCUT2D eigenvalue weighted by atomic mass is 79.9. The number of hydrogen-bond acceptors (Lipinski definition) is 4. The standard InChI is InChI=1S/C10H16BrF2N3O2/c1-17-5-3-16-9(14-15-10(16)6-11)2-4-18-7-8(12)13/h8H,2-7H2,1H3. The Morgan fingerprint density at radius 1 is 1.28 bits per heavy atom. The van der Waals surface area contributed by atoms with Gasteiger partial charge in [0.25, 0.3) is 6.43 Å². The lowest BCUT2D eigenvalue weighted by molar-refractivity contribution is 0.0180. The highest BCUT2D eigenvalue weighted by Crippen LogP contribution is 2.07. The predicted molar refractivity (Wildman–Crippen MR) is 65.1 cm³/mol. The molecule has 18 heavy (non-hydrogen) atoms. The van der Waals surface area contributed by atoms with Crippen molar-refractivity contribution in [2.24, 2.45) is 0 Å². The van der Waals surface area contributed by atoms with Gasteiger partial charge in [-0.25, -0.2) is 8.78 Å². The second kappa shape index (κ2) is 8.49. The Kier molecular flexibility index (Phi) is 7.29. The molecule has 0 aromatic carbocycles. The number of aromatic nitrogens is 3. The molecular formula is C10H16BrF2N3O2. The van der Waals surface area contributed by atoms with Crippen LogP contribution in [0, 0.1) is 0 Å². The molecule has 0 aliphatic carbocycles. The van der Waals surface area contributed by atoms with Gasteiger partial charge in [-0.15, -0.1) is 10.2 Å². The topological polar surface area (TPSA) is 49.2 Å². The van der Waals surface area contributed by atoms with Gasteiger partial charge in [-0.3, -0.25) is 0 Å². The molecule has 1 aromatic rings. The molecule has 8 heteroatoms. The minimum absolute atomic E-state index is 0.206. The summed E-state index contributed by atoms with van der Waals surface area (Å²) >= 11 is 3.32. The molecule has 0 aliphatic heterocycles. The van der Waals surface area contributed by atoms with Crippen LogP contribution in [0.25, 0.3) is 0 Å².